The number of aliphatic hydroxyl groups excluding tert-OH is 3. The van der Waals surface area contributed by atoms with Crippen molar-refractivity contribution in [3.05, 3.63) is 69.8 Å². The third-order valence-electron chi connectivity index (χ3n) is 5.93. The zero-order chi connectivity index (χ0) is 30.1. The van der Waals surface area contributed by atoms with Gasteiger partial charge in [0.25, 0.3) is 5.69 Å². The number of hydrogen-bond donors (Lipinski definition) is 6. The molecule has 0 radical (unpaired) electrons. The van der Waals surface area contributed by atoms with Crippen molar-refractivity contribution in [3.63, 3.8) is 0 Å². The predicted molar refractivity (Wildman–Crippen MR) is 147 cm³/mol. The van der Waals surface area contributed by atoms with E-state index < -0.39 is 77.3 Å². The van der Waals surface area contributed by atoms with Crippen LogP contribution in [0.1, 0.15) is 22.8 Å². The van der Waals surface area contributed by atoms with Crippen molar-refractivity contribution in [1.82, 2.24) is 10.6 Å². The van der Waals surface area contributed by atoms with E-state index in [0.29, 0.717) is 4.90 Å². The molecule has 2 aromatic carbocycles. The molecule has 1 aliphatic rings. The first-order valence-corrected chi connectivity index (χ1v) is 14.5. The summed E-state index contributed by atoms with van der Waals surface area (Å²) in [6.07, 6.45) is -5.56. The number of nitro benzene ring substituents is 1. The van der Waals surface area contributed by atoms with Gasteiger partial charge in [-0.3, -0.25) is 19.7 Å². The lowest BCUT2D eigenvalue weighted by Crippen LogP contribution is -2.66. The molecule has 3 rings (SSSR count). The average molecular weight is 612 g/mol. The van der Waals surface area contributed by atoms with Gasteiger partial charge in [0, 0.05) is 23.6 Å². The van der Waals surface area contributed by atoms with Crippen molar-refractivity contribution in [2.45, 2.75) is 55.1 Å². The molecule has 16 heteroatoms. The first kappa shape index (κ1) is 32.3. The van der Waals surface area contributed by atoms with Gasteiger partial charge in [-0.15, -0.1) is 0 Å². The maximum absolute atomic E-state index is 13.2. The molecule has 2 amide bonds. The van der Waals surface area contributed by atoms with Gasteiger partial charge < -0.3 is 40.5 Å². The van der Waals surface area contributed by atoms with Gasteiger partial charge in [0.05, 0.1) is 18.1 Å². The maximum Gasteiger partial charge on any atom is 0.342 e. The van der Waals surface area contributed by atoms with Gasteiger partial charge in [-0.05, 0) is 17.7 Å². The summed E-state index contributed by atoms with van der Waals surface area (Å²) in [6, 6.07) is 10.1. The molecule has 6 N–H and O–H groups in total. The quantitative estimate of drug-likeness (QED) is 0.104. The Hall–Kier alpha value is -3.25. The van der Waals surface area contributed by atoms with Gasteiger partial charge in [-0.25, -0.2) is 4.79 Å². The number of ether oxygens (including phenoxy) is 2. The molecule has 1 fully saturated rings. The van der Waals surface area contributed by atoms with Crippen LogP contribution < -0.4 is 10.6 Å². The molecule has 41 heavy (non-hydrogen) atoms. The minimum atomic E-state index is -1.58. The van der Waals surface area contributed by atoms with E-state index in [9.17, 15) is 44.9 Å². The monoisotopic (exact) mass is 611 g/mol. The highest BCUT2D eigenvalue weighted by Gasteiger charge is 2.46. The van der Waals surface area contributed by atoms with Crippen LogP contribution in [0.2, 0.25) is 0 Å². The summed E-state index contributed by atoms with van der Waals surface area (Å²) in [6.45, 7) is 0.625. The smallest absolute Gasteiger partial charge is 0.342 e. The van der Waals surface area contributed by atoms with E-state index >= 15 is 0 Å². The maximum atomic E-state index is 13.2. The number of aromatic carboxylic acids is 1. The van der Waals surface area contributed by atoms with E-state index in [1.54, 1.807) is 24.3 Å². The van der Waals surface area contributed by atoms with Crippen molar-refractivity contribution in [2.75, 3.05) is 12.4 Å². The van der Waals surface area contributed by atoms with Gasteiger partial charge in [-0.2, -0.15) is 0 Å². The number of hydrogen-bond acceptors (Lipinski definition) is 12. The molecule has 1 unspecified atom stereocenters. The zero-order valence-electron chi connectivity index (χ0n) is 21.6. The zero-order valence-corrected chi connectivity index (χ0v) is 23.2. The molecule has 1 saturated heterocycles. The number of aliphatic hydroxyl groups is 3. The highest BCUT2D eigenvalue weighted by Crippen LogP contribution is 2.34. The molecule has 6 atom stereocenters. The normalized spacial score (nSPS) is 22.9. The third kappa shape index (κ3) is 8.87. The van der Waals surface area contributed by atoms with Gasteiger partial charge in [0.1, 0.15) is 36.0 Å². The van der Waals surface area contributed by atoms with Crippen molar-refractivity contribution in [3.8, 4) is 0 Å². The van der Waals surface area contributed by atoms with Gasteiger partial charge >= 0.3 is 5.97 Å². The van der Waals surface area contributed by atoms with E-state index in [1.807, 2.05) is 6.07 Å². The second-order valence-corrected chi connectivity index (χ2v) is 11.3. The largest absolute Gasteiger partial charge is 0.477 e. The number of benzene rings is 2. The Kier molecular flexibility index (Phi) is 11.9. The Morgan fingerprint density at radius 1 is 1.15 bits per heavy atom. The van der Waals surface area contributed by atoms with Crippen LogP contribution in [-0.4, -0.2) is 92.2 Å². The Morgan fingerprint density at radius 3 is 2.46 bits per heavy atom. The topological polar surface area (TPSA) is 218 Å². The van der Waals surface area contributed by atoms with E-state index in [-0.39, 0.29) is 12.4 Å². The minimum absolute atomic E-state index is 0.0312. The number of rotatable bonds is 13. The first-order chi connectivity index (χ1) is 19.5. The second-order valence-electron chi connectivity index (χ2n) is 8.90. The standard InChI is InChI=1S/C25H29N3O11S2/c1-13(30)26-17(12-40-41-15-7-8-18(28(36)37)16(9-15)24(34)35)23(33)27-20-22(32)21(31)19(10-29)39-25(20)38-11-14-5-3-2-4-6-14/h2-9,17,19-22,25,29,31-32H,10-12H2,1H3,(H,26,30)(H,27,33)(H,34,35)/t17?,19-,20-,21-,22-,25+/m1/s1. The van der Waals surface area contributed by atoms with Crippen LogP contribution in [0, 0.1) is 10.1 Å². The van der Waals surface area contributed by atoms with Crippen molar-refractivity contribution in [2.24, 2.45) is 0 Å². The summed E-state index contributed by atoms with van der Waals surface area (Å²) in [5.74, 6) is -2.77. The fourth-order valence-electron chi connectivity index (χ4n) is 3.89. The van der Waals surface area contributed by atoms with Crippen molar-refractivity contribution < 1.29 is 49.2 Å². The van der Waals surface area contributed by atoms with E-state index in [2.05, 4.69) is 10.6 Å². The van der Waals surface area contributed by atoms with Crippen LogP contribution in [0.25, 0.3) is 0 Å². The Morgan fingerprint density at radius 2 is 1.85 bits per heavy atom. The predicted octanol–water partition coefficient (Wildman–Crippen LogP) is 0.679. The summed E-state index contributed by atoms with van der Waals surface area (Å²) in [5, 5.41) is 56.1. The minimum Gasteiger partial charge on any atom is -0.477 e. The van der Waals surface area contributed by atoms with Crippen LogP contribution in [-0.2, 0) is 25.7 Å². The molecule has 1 aliphatic heterocycles. The lowest BCUT2D eigenvalue weighted by atomic mass is 9.96. The van der Waals surface area contributed by atoms with Gasteiger partial charge in [-0.1, -0.05) is 51.9 Å². The van der Waals surface area contributed by atoms with E-state index in [1.165, 1.54) is 13.0 Å². The van der Waals surface area contributed by atoms with Crippen LogP contribution in [0.4, 0.5) is 5.69 Å². The Labute approximate surface area is 242 Å². The van der Waals surface area contributed by atoms with Crippen molar-refractivity contribution >= 4 is 45.1 Å². The molecular weight excluding hydrogens is 582 g/mol. The molecule has 1 heterocycles. The Bertz CT molecular complexity index is 1240. The molecule has 0 aliphatic carbocycles. The summed E-state index contributed by atoms with van der Waals surface area (Å²) in [4.78, 5) is 47.1. The molecule has 0 saturated carbocycles. The number of carbonyl (C=O) groups excluding carboxylic acids is 2. The van der Waals surface area contributed by atoms with Crippen LogP contribution in [0.15, 0.2) is 53.4 Å². The molecule has 222 valence electrons. The number of nitrogens with one attached hydrogen (secondary N) is 2. The molecule has 2 aromatic rings. The summed E-state index contributed by atoms with van der Waals surface area (Å²) < 4.78 is 11.4. The summed E-state index contributed by atoms with van der Waals surface area (Å²) in [7, 11) is 2.10. The van der Waals surface area contributed by atoms with E-state index in [4.69, 9.17) is 9.47 Å². The number of amides is 2. The van der Waals surface area contributed by atoms with E-state index in [0.717, 1.165) is 39.3 Å². The first-order valence-electron chi connectivity index (χ1n) is 12.2. The highest BCUT2D eigenvalue weighted by molar-refractivity contribution is 8.76. The fourth-order valence-corrected chi connectivity index (χ4v) is 6.09. The number of carboxylic acids is 1. The summed E-state index contributed by atoms with van der Waals surface area (Å²) in [5.41, 5.74) is -0.293. The molecule has 14 nitrogen and oxygen atoms in total. The van der Waals surface area contributed by atoms with Gasteiger partial charge in [0.15, 0.2) is 6.29 Å². The van der Waals surface area contributed by atoms with Gasteiger partial charge in [0.2, 0.25) is 11.8 Å². The SMILES string of the molecule is CC(=O)NC(CSSc1ccc([N+](=O)[O-])c(C(=O)O)c1)C(=O)N[C@H]1[C@@H](OCc2ccccc2)O[C@H](CO)[C@@H](O)[C@@H]1O. The molecule has 0 bridgehead atoms. The number of carboxylic acid groups (broad SMARTS) is 1. The second kappa shape index (κ2) is 15.1. The molecule has 0 spiro atoms. The lowest BCUT2D eigenvalue weighted by molar-refractivity contribution is -0.385. The highest BCUT2D eigenvalue weighted by atomic mass is 33.1. The number of nitrogens with zero attached hydrogens (tertiary/aromatic N) is 1. The van der Waals surface area contributed by atoms with Crippen LogP contribution in [0.3, 0.4) is 0 Å². The van der Waals surface area contributed by atoms with Crippen molar-refractivity contribution in [1.29, 1.82) is 0 Å². The molecular formula is C25H29N3O11S2. The third-order valence-corrected chi connectivity index (χ3v) is 8.30. The molecule has 0 aromatic heterocycles. The fraction of sp³-hybridized carbons (Fsp3) is 0.400. The number of nitro groups is 1. The lowest BCUT2D eigenvalue weighted by Gasteiger charge is -2.42. The summed E-state index contributed by atoms with van der Waals surface area (Å²) >= 11 is 0. The van der Waals surface area contributed by atoms with Crippen LogP contribution >= 0.6 is 21.6 Å². The Balaban J connectivity index is 1.70. The van der Waals surface area contributed by atoms with Crippen LogP contribution in [0.5, 0.6) is 0 Å². The number of carbonyl (C=O) groups is 3. The average Bonchev–Trinajstić information content (AvgIpc) is 2.94.